The van der Waals surface area contributed by atoms with Crippen molar-refractivity contribution in [1.29, 1.82) is 0 Å². The van der Waals surface area contributed by atoms with E-state index in [0.29, 0.717) is 21.7 Å². The Kier molecular flexibility index (Phi) is 23.8. The van der Waals surface area contributed by atoms with Gasteiger partial charge in [-0.3, -0.25) is 0 Å². The Hall–Kier alpha value is -7.80. The summed E-state index contributed by atoms with van der Waals surface area (Å²) < 4.78 is 0. The summed E-state index contributed by atoms with van der Waals surface area (Å²) in [6, 6.07) is 91.5. The predicted molar refractivity (Wildman–Crippen MR) is 403 cm³/mol. The lowest BCUT2D eigenvalue weighted by atomic mass is 9.84. The minimum absolute atomic E-state index is 0.223. The SMILES string of the molecule is CC(C)(C)CCc1ccc2ccccc2c1.CC(C)(C)CCc1cccc2ccccc12.CC(C)(C)Cc1ccc2ccccc2c1.CC(C)(C)Cc1cccc2ccccc12.CC(C)(C)c1ccc2ccccc2c1.CC(C)(C)c1cccc2ccccc12. The van der Waals surface area contributed by atoms with Crippen molar-refractivity contribution in [1.82, 2.24) is 0 Å². The van der Waals surface area contributed by atoms with Crippen molar-refractivity contribution in [3.8, 4) is 0 Å². The topological polar surface area (TPSA) is 0 Å². The van der Waals surface area contributed by atoms with Gasteiger partial charge in [-0.05, 0) is 169 Å². The number of rotatable bonds is 6. The molecule has 0 spiro atoms. The molecule has 12 aromatic carbocycles. The van der Waals surface area contributed by atoms with E-state index in [4.69, 9.17) is 0 Å². The Morgan fingerprint density at radius 3 is 1.02 bits per heavy atom. The Bertz CT molecular complexity index is 4140. The molecule has 0 N–H and O–H groups in total. The lowest BCUT2D eigenvalue weighted by Crippen LogP contribution is -2.11. The molecule has 0 heteroatoms. The summed E-state index contributed by atoms with van der Waals surface area (Å²) in [6.45, 7) is 41.0. The van der Waals surface area contributed by atoms with Crippen molar-refractivity contribution in [2.45, 2.75) is 174 Å². The molecule has 0 fully saturated rings. The maximum atomic E-state index is 2.32. The summed E-state index contributed by atoms with van der Waals surface area (Å²) in [5.74, 6) is 0. The van der Waals surface area contributed by atoms with Gasteiger partial charge in [-0.1, -0.05) is 379 Å². The minimum atomic E-state index is 0.223. The highest BCUT2D eigenvalue weighted by atomic mass is 14.2. The fraction of sp³-hybridized carbons (Fsp3) is 0.333. The Morgan fingerprint density at radius 1 is 0.222 bits per heavy atom. The zero-order valence-electron chi connectivity index (χ0n) is 58.5. The van der Waals surface area contributed by atoms with Gasteiger partial charge in [0.05, 0.1) is 0 Å². The van der Waals surface area contributed by atoms with Gasteiger partial charge in [-0.2, -0.15) is 0 Å². The maximum Gasteiger partial charge on any atom is -0.0126 e. The molecular weight excluding hydrogens is 1080 g/mol. The molecule has 0 saturated carbocycles. The number of fused-ring (bicyclic) bond motifs is 6. The number of hydrogen-bond donors (Lipinski definition) is 0. The number of aryl methyl sites for hydroxylation is 2. The van der Waals surface area contributed by atoms with Crippen LogP contribution in [0.4, 0.5) is 0 Å². The standard InChI is InChI=1S/2C16H20.2C15H18.2C14H16/c1-16(2,3)12-11-14-9-6-8-13-7-4-5-10-15(13)14;1-16(2,3)11-10-13-8-9-14-6-4-5-7-15(14)12-13;1-15(2,3)11-13-9-6-8-12-7-4-5-10-14(12)13;1-15(2,3)11-12-8-9-13-6-4-5-7-14(13)10-12;1-14(2,3)13-10-6-8-11-7-4-5-9-12(11)13;1-14(2,3)13-9-8-11-6-4-5-7-12(11)10-13/h4-10H,11-12H2,1-3H3;4-9,12H,10-11H2,1-3H3;2*4-10H,11H2,1-3H3;2*4-10H,1-3H3. The van der Waals surface area contributed by atoms with Crippen LogP contribution in [0.1, 0.15) is 171 Å². The van der Waals surface area contributed by atoms with Crippen molar-refractivity contribution in [3.63, 3.8) is 0 Å². The van der Waals surface area contributed by atoms with Gasteiger partial charge in [0.15, 0.2) is 0 Å². The van der Waals surface area contributed by atoms with Crippen LogP contribution in [0, 0.1) is 21.7 Å². The molecule has 0 aliphatic carbocycles. The first-order valence-corrected chi connectivity index (χ1v) is 33.2. The first-order valence-electron chi connectivity index (χ1n) is 33.2. The zero-order chi connectivity index (χ0) is 65.3. The van der Waals surface area contributed by atoms with Gasteiger partial charge in [0.25, 0.3) is 0 Å². The van der Waals surface area contributed by atoms with E-state index in [1.165, 1.54) is 124 Å². The van der Waals surface area contributed by atoms with E-state index in [1.54, 1.807) is 0 Å². The quantitative estimate of drug-likeness (QED) is 0.156. The summed E-state index contributed by atoms with van der Waals surface area (Å²) in [7, 11) is 0. The largest absolute Gasteiger partial charge is 0.0616 e. The monoisotopic (exact) mass is 1190 g/mol. The second-order valence-electron chi connectivity index (χ2n) is 31.8. The molecule has 90 heavy (non-hydrogen) atoms. The lowest BCUT2D eigenvalue weighted by molar-refractivity contribution is 0.378. The molecule has 0 atom stereocenters. The minimum Gasteiger partial charge on any atom is -0.0616 e. The molecule has 0 radical (unpaired) electrons. The molecule has 0 aromatic heterocycles. The van der Waals surface area contributed by atoms with Crippen molar-refractivity contribution in [3.05, 3.63) is 288 Å². The first-order chi connectivity index (χ1) is 42.4. The van der Waals surface area contributed by atoms with E-state index in [0.717, 1.165) is 12.8 Å². The Balaban J connectivity index is 0.000000154. The molecule has 0 heterocycles. The van der Waals surface area contributed by atoms with Crippen molar-refractivity contribution in [2.24, 2.45) is 21.7 Å². The van der Waals surface area contributed by atoms with Gasteiger partial charge in [0.2, 0.25) is 0 Å². The van der Waals surface area contributed by atoms with E-state index in [1.807, 2.05) is 0 Å². The molecule has 0 amide bonds. The van der Waals surface area contributed by atoms with Crippen LogP contribution in [-0.2, 0) is 36.5 Å². The van der Waals surface area contributed by atoms with Gasteiger partial charge in [0.1, 0.15) is 0 Å². The van der Waals surface area contributed by atoms with E-state index in [-0.39, 0.29) is 10.8 Å². The van der Waals surface area contributed by atoms with Crippen molar-refractivity contribution in [2.75, 3.05) is 0 Å². The normalized spacial score (nSPS) is 11.9. The van der Waals surface area contributed by atoms with Crippen LogP contribution in [-0.4, -0.2) is 0 Å². The molecule has 0 unspecified atom stereocenters. The third-order valence-electron chi connectivity index (χ3n) is 16.4. The molecule has 0 aliphatic rings. The van der Waals surface area contributed by atoms with Crippen molar-refractivity contribution >= 4 is 64.6 Å². The fourth-order valence-corrected chi connectivity index (χ4v) is 11.4. The highest BCUT2D eigenvalue weighted by Gasteiger charge is 2.18. The van der Waals surface area contributed by atoms with Crippen molar-refractivity contribution < 1.29 is 0 Å². The fourth-order valence-electron chi connectivity index (χ4n) is 11.4. The number of hydrogen-bond acceptors (Lipinski definition) is 0. The summed E-state index contributed by atoms with van der Waals surface area (Å²) in [5.41, 5.74) is 10.7. The molecule has 468 valence electrons. The third-order valence-corrected chi connectivity index (χ3v) is 16.4. The predicted octanol–water partition coefficient (Wildman–Crippen LogP) is 26.8. The van der Waals surface area contributed by atoms with Gasteiger partial charge in [-0.25, -0.2) is 0 Å². The van der Waals surface area contributed by atoms with Crippen LogP contribution in [0.25, 0.3) is 64.6 Å². The molecule has 12 rings (SSSR count). The second-order valence-corrected chi connectivity index (χ2v) is 31.8. The highest BCUT2D eigenvalue weighted by molar-refractivity contribution is 5.88. The van der Waals surface area contributed by atoms with Gasteiger partial charge >= 0.3 is 0 Å². The number of benzene rings is 12. The second kappa shape index (κ2) is 30.8. The molecule has 12 aromatic rings. The zero-order valence-corrected chi connectivity index (χ0v) is 58.5. The van der Waals surface area contributed by atoms with Crippen LogP contribution in [0.2, 0.25) is 0 Å². The van der Waals surface area contributed by atoms with Crippen LogP contribution >= 0.6 is 0 Å². The van der Waals surface area contributed by atoms with Crippen LogP contribution < -0.4 is 0 Å². The Labute approximate surface area is 545 Å². The van der Waals surface area contributed by atoms with Crippen LogP contribution in [0.5, 0.6) is 0 Å². The first kappa shape index (κ1) is 69.7. The van der Waals surface area contributed by atoms with E-state index in [2.05, 4.69) is 379 Å². The van der Waals surface area contributed by atoms with Gasteiger partial charge in [0, 0.05) is 0 Å². The smallest absolute Gasteiger partial charge is 0.0126 e. The summed E-state index contributed by atoms with van der Waals surface area (Å²) in [6.07, 6.45) is 7.09. The molecular formula is C90H108. The van der Waals surface area contributed by atoms with E-state index < -0.39 is 0 Å². The summed E-state index contributed by atoms with van der Waals surface area (Å²) in [4.78, 5) is 0. The van der Waals surface area contributed by atoms with Gasteiger partial charge in [-0.15, -0.1) is 0 Å². The Morgan fingerprint density at radius 2 is 0.567 bits per heavy atom. The van der Waals surface area contributed by atoms with Crippen LogP contribution in [0.3, 0.4) is 0 Å². The summed E-state index contributed by atoms with van der Waals surface area (Å²) >= 11 is 0. The van der Waals surface area contributed by atoms with Gasteiger partial charge < -0.3 is 0 Å². The molecule has 0 aliphatic heterocycles. The molecule has 0 bridgehead atoms. The molecule has 0 nitrogen and oxygen atoms in total. The van der Waals surface area contributed by atoms with E-state index in [9.17, 15) is 0 Å². The average Bonchev–Trinajstić information content (AvgIpc) is 1.25. The van der Waals surface area contributed by atoms with Crippen LogP contribution in [0.15, 0.2) is 255 Å². The third kappa shape index (κ3) is 22.6. The lowest BCUT2D eigenvalue weighted by Gasteiger charge is -2.21. The maximum absolute atomic E-state index is 2.32. The van der Waals surface area contributed by atoms with E-state index >= 15 is 0 Å². The average molecular weight is 1190 g/mol. The molecule has 0 saturated heterocycles. The highest BCUT2D eigenvalue weighted by Crippen LogP contribution is 2.32. The summed E-state index contributed by atoms with van der Waals surface area (Å²) in [5, 5.41) is 16.2.